The monoisotopic (exact) mass is 313 g/mol. The maximum atomic E-state index is 11.0. The molecule has 1 unspecified atom stereocenters. The number of ether oxygens (including phenoxy) is 1. The first kappa shape index (κ1) is 13.4. The third-order valence-corrected chi connectivity index (χ3v) is 3.66. The molecule has 1 saturated heterocycles. The highest BCUT2D eigenvalue weighted by Gasteiger charge is 2.20. The number of piperidine rings is 1. The van der Waals surface area contributed by atoms with Crippen molar-refractivity contribution in [2.45, 2.75) is 18.9 Å². The van der Waals surface area contributed by atoms with Crippen LogP contribution in [0, 0.1) is 0 Å². The van der Waals surface area contributed by atoms with Gasteiger partial charge in [0.15, 0.2) is 0 Å². The fraction of sp³-hybridized carbons (Fsp3) is 0.462. The smallest absolute Gasteiger partial charge is 0.335 e. The van der Waals surface area contributed by atoms with E-state index in [0.29, 0.717) is 5.56 Å². The third kappa shape index (κ3) is 3.03. The number of rotatable bonds is 3. The Labute approximate surface area is 115 Å². The van der Waals surface area contributed by atoms with Crippen LogP contribution in [0.25, 0.3) is 0 Å². The SMILES string of the molecule is COC1CCCN(c2cc(Br)cc(C(=O)O)c2)C1. The maximum Gasteiger partial charge on any atom is 0.335 e. The lowest BCUT2D eigenvalue weighted by Crippen LogP contribution is -2.39. The van der Waals surface area contributed by atoms with Gasteiger partial charge in [-0.05, 0) is 31.0 Å². The summed E-state index contributed by atoms with van der Waals surface area (Å²) in [4.78, 5) is 13.2. The Morgan fingerprint density at radius 1 is 1.50 bits per heavy atom. The summed E-state index contributed by atoms with van der Waals surface area (Å²) < 4.78 is 6.17. The molecule has 1 aliphatic rings. The molecule has 0 amide bonds. The van der Waals surface area contributed by atoms with Crippen molar-refractivity contribution in [2.75, 3.05) is 25.1 Å². The second-order valence-electron chi connectivity index (χ2n) is 4.45. The van der Waals surface area contributed by atoms with Crippen LogP contribution >= 0.6 is 15.9 Å². The lowest BCUT2D eigenvalue weighted by Gasteiger charge is -2.33. The van der Waals surface area contributed by atoms with Gasteiger partial charge >= 0.3 is 5.97 Å². The van der Waals surface area contributed by atoms with Crippen LogP contribution in [-0.2, 0) is 4.74 Å². The van der Waals surface area contributed by atoms with E-state index in [2.05, 4.69) is 20.8 Å². The molecule has 0 radical (unpaired) electrons. The second-order valence-corrected chi connectivity index (χ2v) is 5.36. The summed E-state index contributed by atoms with van der Waals surface area (Å²) in [5.41, 5.74) is 1.24. The van der Waals surface area contributed by atoms with Gasteiger partial charge in [-0.15, -0.1) is 0 Å². The van der Waals surface area contributed by atoms with Gasteiger partial charge in [0, 0.05) is 30.4 Å². The minimum Gasteiger partial charge on any atom is -0.478 e. The Morgan fingerprint density at radius 3 is 2.94 bits per heavy atom. The van der Waals surface area contributed by atoms with Crippen LogP contribution in [0.2, 0.25) is 0 Å². The minimum absolute atomic E-state index is 0.228. The molecule has 0 aromatic heterocycles. The molecule has 1 aliphatic heterocycles. The van der Waals surface area contributed by atoms with E-state index < -0.39 is 5.97 Å². The van der Waals surface area contributed by atoms with Gasteiger partial charge in [-0.25, -0.2) is 4.79 Å². The molecular formula is C13H16BrNO3. The third-order valence-electron chi connectivity index (χ3n) is 3.21. The number of aromatic carboxylic acids is 1. The molecule has 2 rings (SSSR count). The van der Waals surface area contributed by atoms with Crippen molar-refractivity contribution in [1.29, 1.82) is 0 Å². The van der Waals surface area contributed by atoms with Gasteiger partial charge in [-0.1, -0.05) is 15.9 Å². The summed E-state index contributed by atoms with van der Waals surface area (Å²) in [5, 5.41) is 9.07. The van der Waals surface area contributed by atoms with Crippen LogP contribution < -0.4 is 4.90 Å². The molecule has 98 valence electrons. The topological polar surface area (TPSA) is 49.8 Å². The van der Waals surface area contributed by atoms with Crippen LogP contribution in [0.4, 0.5) is 5.69 Å². The van der Waals surface area contributed by atoms with Crippen LogP contribution in [-0.4, -0.2) is 37.4 Å². The van der Waals surface area contributed by atoms with E-state index in [0.717, 1.165) is 36.1 Å². The van der Waals surface area contributed by atoms with Gasteiger partial charge in [0.05, 0.1) is 11.7 Å². The molecule has 1 aromatic carbocycles. The van der Waals surface area contributed by atoms with Gasteiger partial charge < -0.3 is 14.7 Å². The number of anilines is 1. The number of carboxylic acids is 1. The zero-order chi connectivity index (χ0) is 13.1. The van der Waals surface area contributed by atoms with Gasteiger partial charge in [0.25, 0.3) is 0 Å². The minimum atomic E-state index is -0.905. The predicted molar refractivity (Wildman–Crippen MR) is 73.3 cm³/mol. The molecule has 0 bridgehead atoms. The second kappa shape index (κ2) is 5.71. The van der Waals surface area contributed by atoms with Crippen LogP contribution in [0.5, 0.6) is 0 Å². The zero-order valence-electron chi connectivity index (χ0n) is 10.2. The molecule has 1 fully saturated rings. The Morgan fingerprint density at radius 2 is 2.28 bits per heavy atom. The van der Waals surface area contributed by atoms with Crippen molar-refractivity contribution in [2.24, 2.45) is 0 Å². The molecular weight excluding hydrogens is 298 g/mol. The summed E-state index contributed by atoms with van der Waals surface area (Å²) in [6, 6.07) is 5.28. The average molecular weight is 314 g/mol. The fourth-order valence-corrected chi connectivity index (χ4v) is 2.73. The summed E-state index contributed by atoms with van der Waals surface area (Å²) in [6.07, 6.45) is 2.35. The number of benzene rings is 1. The molecule has 0 aliphatic carbocycles. The molecule has 4 nitrogen and oxygen atoms in total. The van der Waals surface area contributed by atoms with Gasteiger partial charge in [-0.3, -0.25) is 0 Å². The molecule has 0 saturated carbocycles. The highest BCUT2D eigenvalue weighted by molar-refractivity contribution is 9.10. The lowest BCUT2D eigenvalue weighted by atomic mass is 10.1. The van der Waals surface area contributed by atoms with Crippen molar-refractivity contribution in [3.05, 3.63) is 28.2 Å². The molecule has 5 heteroatoms. The predicted octanol–water partition coefficient (Wildman–Crippen LogP) is 2.76. The van der Waals surface area contributed by atoms with Crippen molar-refractivity contribution >= 4 is 27.6 Å². The van der Waals surface area contributed by atoms with Crippen molar-refractivity contribution in [1.82, 2.24) is 0 Å². The van der Waals surface area contributed by atoms with Crippen molar-refractivity contribution < 1.29 is 14.6 Å². The molecule has 1 atom stereocenters. The van der Waals surface area contributed by atoms with Crippen LogP contribution in [0.15, 0.2) is 22.7 Å². The Kier molecular flexibility index (Phi) is 4.24. The van der Waals surface area contributed by atoms with E-state index >= 15 is 0 Å². The molecule has 1 N–H and O–H groups in total. The van der Waals surface area contributed by atoms with Gasteiger partial charge in [0.1, 0.15) is 0 Å². The fourth-order valence-electron chi connectivity index (χ4n) is 2.25. The van der Waals surface area contributed by atoms with Gasteiger partial charge in [0.2, 0.25) is 0 Å². The number of hydrogen-bond acceptors (Lipinski definition) is 3. The Bertz CT molecular complexity index is 450. The number of halogens is 1. The number of methoxy groups -OCH3 is 1. The first-order valence-electron chi connectivity index (χ1n) is 5.92. The first-order chi connectivity index (χ1) is 8.60. The zero-order valence-corrected chi connectivity index (χ0v) is 11.8. The van der Waals surface area contributed by atoms with Gasteiger partial charge in [-0.2, -0.15) is 0 Å². The van der Waals surface area contributed by atoms with E-state index in [1.54, 1.807) is 19.2 Å². The van der Waals surface area contributed by atoms with Crippen molar-refractivity contribution in [3.63, 3.8) is 0 Å². The van der Waals surface area contributed by atoms with E-state index in [1.807, 2.05) is 6.07 Å². The van der Waals surface area contributed by atoms with Crippen molar-refractivity contribution in [3.8, 4) is 0 Å². The molecule has 18 heavy (non-hydrogen) atoms. The molecule has 1 heterocycles. The summed E-state index contributed by atoms with van der Waals surface area (Å²) in [6.45, 7) is 1.75. The number of hydrogen-bond donors (Lipinski definition) is 1. The number of nitrogens with zero attached hydrogens (tertiary/aromatic N) is 1. The van der Waals surface area contributed by atoms with E-state index in [-0.39, 0.29) is 6.10 Å². The van der Waals surface area contributed by atoms with Crippen LogP contribution in [0.1, 0.15) is 23.2 Å². The largest absolute Gasteiger partial charge is 0.478 e. The highest BCUT2D eigenvalue weighted by atomic mass is 79.9. The average Bonchev–Trinajstić information content (AvgIpc) is 2.38. The first-order valence-corrected chi connectivity index (χ1v) is 6.71. The summed E-state index contributed by atoms with van der Waals surface area (Å²) >= 11 is 3.36. The Hall–Kier alpha value is -1.07. The molecule has 0 spiro atoms. The van der Waals surface area contributed by atoms with E-state index in [4.69, 9.17) is 9.84 Å². The number of carbonyl (C=O) groups is 1. The quantitative estimate of drug-likeness (QED) is 0.932. The van der Waals surface area contributed by atoms with E-state index in [9.17, 15) is 4.79 Å². The summed E-state index contributed by atoms with van der Waals surface area (Å²) in [7, 11) is 1.72. The lowest BCUT2D eigenvalue weighted by molar-refractivity contribution is 0.0697. The molecule has 1 aromatic rings. The number of carboxylic acid groups (broad SMARTS) is 1. The normalized spacial score (nSPS) is 19.9. The Balaban J connectivity index is 2.24. The highest BCUT2D eigenvalue weighted by Crippen LogP contribution is 2.26. The maximum absolute atomic E-state index is 11.0. The van der Waals surface area contributed by atoms with Crippen LogP contribution in [0.3, 0.4) is 0 Å². The van der Waals surface area contributed by atoms with E-state index in [1.165, 1.54) is 0 Å². The summed E-state index contributed by atoms with van der Waals surface area (Å²) in [5.74, 6) is -0.905. The standard InChI is InChI=1S/C13H16BrNO3/c1-18-12-3-2-4-15(8-12)11-6-9(13(16)17)5-10(14)7-11/h5-7,12H,2-4,8H2,1H3,(H,16,17).